The molecule has 0 aliphatic carbocycles. The summed E-state index contributed by atoms with van der Waals surface area (Å²) in [6, 6.07) is 10.3. The van der Waals surface area contributed by atoms with Gasteiger partial charge in [-0.3, -0.25) is 0 Å². The third-order valence-electron chi connectivity index (χ3n) is 3.25. The van der Waals surface area contributed by atoms with Gasteiger partial charge < -0.3 is 9.59 Å². The monoisotopic (exact) mass is 297 g/mol. The minimum atomic E-state index is -0.405. The lowest BCUT2D eigenvalue weighted by Crippen LogP contribution is -2.02. The van der Waals surface area contributed by atoms with Gasteiger partial charge in [-0.05, 0) is 19.1 Å². The van der Waals surface area contributed by atoms with Crippen molar-refractivity contribution >= 4 is 24.8 Å². The average Bonchev–Trinajstić information content (AvgIpc) is 2.75. The van der Waals surface area contributed by atoms with Crippen LogP contribution in [0.3, 0.4) is 0 Å². The van der Waals surface area contributed by atoms with Crippen molar-refractivity contribution in [2.24, 2.45) is 0 Å². The van der Waals surface area contributed by atoms with Crippen LogP contribution in [0.2, 0.25) is 6.82 Å². The molecule has 1 N–H and O–H groups in total. The molecule has 1 aromatic heterocycles. The Morgan fingerprint density at radius 3 is 2.67 bits per heavy atom. The molecule has 1 heterocycles. The van der Waals surface area contributed by atoms with Crippen LogP contribution in [0.15, 0.2) is 64.9 Å². The van der Waals surface area contributed by atoms with E-state index in [0.29, 0.717) is 0 Å². The molecule has 0 saturated carbocycles. The predicted octanol–water partition coefficient (Wildman–Crippen LogP) is 4.30. The summed E-state index contributed by atoms with van der Waals surface area (Å²) in [6.07, 6.45) is 6.05. The molecule has 1 aromatic carbocycles. The quantitative estimate of drug-likeness (QED) is 0.804. The third kappa shape index (κ3) is 4.16. The van der Waals surface area contributed by atoms with E-state index in [2.05, 4.69) is 36.4 Å². The Hall–Kier alpha value is -1.65. The Morgan fingerprint density at radius 2 is 2.05 bits per heavy atom. The molecule has 0 bridgehead atoms. The molecule has 2 aromatic rings. The van der Waals surface area contributed by atoms with E-state index in [9.17, 15) is 5.02 Å². The van der Waals surface area contributed by atoms with E-state index in [1.807, 2.05) is 30.4 Å². The van der Waals surface area contributed by atoms with Gasteiger partial charge in [0.1, 0.15) is 0 Å². The van der Waals surface area contributed by atoms with Crippen LogP contribution in [-0.2, 0) is 6.54 Å². The van der Waals surface area contributed by atoms with Crippen LogP contribution in [0.5, 0.6) is 0 Å². The topological polar surface area (TPSA) is 25.2 Å². The van der Waals surface area contributed by atoms with Gasteiger partial charge in [-0.2, -0.15) is 0 Å². The van der Waals surface area contributed by atoms with Gasteiger partial charge in [0, 0.05) is 33.8 Å². The van der Waals surface area contributed by atoms with Gasteiger partial charge in [-0.1, -0.05) is 61.5 Å². The number of allylic oxidation sites excluding steroid dienone is 1. The molecule has 21 heavy (non-hydrogen) atoms. The molecule has 0 aliphatic heterocycles. The summed E-state index contributed by atoms with van der Waals surface area (Å²) >= 11 is 1.75. The number of benzene rings is 1. The van der Waals surface area contributed by atoms with Gasteiger partial charge in [0.2, 0.25) is 0 Å². The van der Waals surface area contributed by atoms with E-state index in [0.717, 1.165) is 6.54 Å². The molecule has 0 aliphatic rings. The Bertz CT molecular complexity index is 632. The molecule has 0 spiro atoms. The van der Waals surface area contributed by atoms with Crippen molar-refractivity contribution in [2.45, 2.75) is 30.1 Å². The number of rotatable bonds is 6. The second-order valence-electron chi connectivity index (χ2n) is 4.93. The zero-order valence-electron chi connectivity index (χ0n) is 12.5. The van der Waals surface area contributed by atoms with E-state index < -0.39 is 6.92 Å². The van der Waals surface area contributed by atoms with E-state index >= 15 is 0 Å². The van der Waals surface area contributed by atoms with Gasteiger partial charge in [0.15, 0.2) is 0 Å². The predicted molar refractivity (Wildman–Crippen MR) is 92.8 cm³/mol. The van der Waals surface area contributed by atoms with E-state index in [4.69, 9.17) is 0 Å². The molecule has 0 unspecified atom stereocenters. The van der Waals surface area contributed by atoms with Gasteiger partial charge in [-0.15, -0.1) is 0 Å². The lowest BCUT2D eigenvalue weighted by molar-refractivity contribution is 0.592. The number of nitrogens with zero attached hydrogens (tertiary/aromatic N) is 1. The van der Waals surface area contributed by atoms with Crippen molar-refractivity contribution in [3.63, 3.8) is 0 Å². The smallest absolute Gasteiger partial charge is 0.312 e. The van der Waals surface area contributed by atoms with Crippen molar-refractivity contribution in [3.05, 3.63) is 66.4 Å². The molecule has 2 nitrogen and oxygen atoms in total. The summed E-state index contributed by atoms with van der Waals surface area (Å²) in [4.78, 5) is 2.43. The van der Waals surface area contributed by atoms with Crippen molar-refractivity contribution in [1.82, 2.24) is 4.57 Å². The molecular formula is C17H20BNOS. The molecule has 2 rings (SSSR count). The zero-order valence-corrected chi connectivity index (χ0v) is 13.3. The van der Waals surface area contributed by atoms with Crippen LogP contribution in [0.4, 0.5) is 0 Å². The summed E-state index contributed by atoms with van der Waals surface area (Å²) in [5.74, 6) is 1.80. The molecule has 0 fully saturated rings. The lowest BCUT2D eigenvalue weighted by Gasteiger charge is -2.02. The van der Waals surface area contributed by atoms with Crippen LogP contribution < -0.4 is 0 Å². The standard InChI is InChI=1S/C17H20BNOS/c1-4-16-14(2)19(12-8-11-18(3)20)13-17(16)21-15-9-6-5-7-10-15/h4-11,13,20H,1,12H2,2-3H3. The fourth-order valence-corrected chi connectivity index (χ4v) is 3.22. The van der Waals surface area contributed by atoms with Crippen molar-refractivity contribution in [1.29, 1.82) is 0 Å². The van der Waals surface area contributed by atoms with E-state index in [1.54, 1.807) is 24.6 Å². The zero-order chi connectivity index (χ0) is 15.2. The van der Waals surface area contributed by atoms with Crippen molar-refractivity contribution in [2.75, 3.05) is 0 Å². The number of hydrogen-bond donors (Lipinski definition) is 1. The summed E-state index contributed by atoms with van der Waals surface area (Å²) in [5, 5.41) is 9.28. The van der Waals surface area contributed by atoms with Gasteiger partial charge in [0.05, 0.1) is 0 Å². The highest BCUT2D eigenvalue weighted by Crippen LogP contribution is 2.33. The third-order valence-corrected chi connectivity index (χ3v) is 4.30. The summed E-state index contributed by atoms with van der Waals surface area (Å²) in [5.41, 5.74) is 2.37. The summed E-state index contributed by atoms with van der Waals surface area (Å²) in [6.45, 7) is 8.14. The maximum Gasteiger partial charge on any atom is 0.312 e. The lowest BCUT2D eigenvalue weighted by atomic mass is 9.72. The Balaban J connectivity index is 2.23. The highest BCUT2D eigenvalue weighted by atomic mass is 32.2. The van der Waals surface area contributed by atoms with E-state index in [1.165, 1.54) is 21.0 Å². The van der Waals surface area contributed by atoms with Crippen LogP contribution in [-0.4, -0.2) is 16.5 Å². The highest BCUT2D eigenvalue weighted by molar-refractivity contribution is 7.99. The van der Waals surface area contributed by atoms with Gasteiger partial charge in [0.25, 0.3) is 0 Å². The second-order valence-corrected chi connectivity index (χ2v) is 6.05. The van der Waals surface area contributed by atoms with Crippen molar-refractivity contribution in [3.8, 4) is 0 Å². The minimum Gasteiger partial charge on any atom is -0.447 e. The molecule has 0 saturated heterocycles. The first-order valence-electron chi connectivity index (χ1n) is 7.01. The minimum absolute atomic E-state index is 0.405. The maximum absolute atomic E-state index is 9.28. The summed E-state index contributed by atoms with van der Waals surface area (Å²) in [7, 11) is 0. The molecule has 4 heteroatoms. The molecular weight excluding hydrogens is 277 g/mol. The Morgan fingerprint density at radius 1 is 1.33 bits per heavy atom. The largest absolute Gasteiger partial charge is 0.447 e. The molecule has 0 amide bonds. The maximum atomic E-state index is 9.28. The number of hydrogen-bond acceptors (Lipinski definition) is 2. The highest BCUT2D eigenvalue weighted by Gasteiger charge is 2.10. The van der Waals surface area contributed by atoms with Crippen molar-refractivity contribution < 1.29 is 5.02 Å². The second kappa shape index (κ2) is 7.39. The van der Waals surface area contributed by atoms with Gasteiger partial charge in [-0.25, -0.2) is 0 Å². The number of aromatic nitrogens is 1. The van der Waals surface area contributed by atoms with Gasteiger partial charge >= 0.3 is 6.92 Å². The van der Waals surface area contributed by atoms with Crippen LogP contribution in [0.25, 0.3) is 6.08 Å². The first-order chi connectivity index (χ1) is 10.1. The Labute approximate surface area is 131 Å². The van der Waals surface area contributed by atoms with E-state index in [-0.39, 0.29) is 0 Å². The summed E-state index contributed by atoms with van der Waals surface area (Å²) < 4.78 is 2.18. The first-order valence-corrected chi connectivity index (χ1v) is 7.83. The fourth-order valence-electron chi connectivity index (χ4n) is 2.15. The van der Waals surface area contributed by atoms with Crippen LogP contribution >= 0.6 is 11.8 Å². The molecule has 0 atom stereocenters. The SMILES string of the molecule is C=Cc1c(Sc2ccccc2)cn(CC=CB(C)O)c1C. The van der Waals surface area contributed by atoms with Crippen LogP contribution in [0.1, 0.15) is 11.3 Å². The average molecular weight is 297 g/mol. The molecule has 108 valence electrons. The normalized spacial score (nSPS) is 11.0. The molecule has 0 radical (unpaired) electrons. The Kier molecular flexibility index (Phi) is 5.54. The fraction of sp³-hybridized carbons (Fsp3) is 0.176. The van der Waals surface area contributed by atoms with Crippen LogP contribution in [0, 0.1) is 6.92 Å². The first kappa shape index (κ1) is 15.7.